The second-order valence-electron chi connectivity index (χ2n) is 6.73. The van der Waals surface area contributed by atoms with E-state index in [4.69, 9.17) is 11.6 Å². The zero-order valence-corrected chi connectivity index (χ0v) is 18.3. The highest BCUT2D eigenvalue weighted by atomic mass is 35.5. The Morgan fingerprint density at radius 2 is 1.83 bits per heavy atom. The van der Waals surface area contributed by atoms with Gasteiger partial charge in [0.1, 0.15) is 16.2 Å². The largest absolute Gasteiger partial charge is 0.325 e. The van der Waals surface area contributed by atoms with Crippen molar-refractivity contribution in [2.45, 2.75) is 18.9 Å². The molecule has 0 spiro atoms. The minimum absolute atomic E-state index is 0.0602. The number of halogens is 1. The molecule has 0 fully saturated rings. The molecule has 4 nitrogen and oxygen atoms in total. The third-order valence-corrected chi connectivity index (χ3v) is 6.46. The zero-order valence-electron chi connectivity index (χ0n) is 15.9. The van der Waals surface area contributed by atoms with Crippen LogP contribution >= 0.6 is 34.7 Å². The molecule has 2 aromatic heterocycles. The summed E-state index contributed by atoms with van der Waals surface area (Å²) >= 11 is 9.01. The first kappa shape index (κ1) is 19.9. The molecule has 0 aliphatic carbocycles. The van der Waals surface area contributed by atoms with Crippen LogP contribution in [-0.2, 0) is 4.79 Å². The molecule has 4 aromatic rings. The minimum Gasteiger partial charge on any atom is -0.325 e. The maximum Gasteiger partial charge on any atom is 0.234 e. The molecule has 146 valence electrons. The fraction of sp³-hybridized carbons (Fsp3) is 0.136. The standard InChI is InChI=1S/C22H18ClN3OS2/c1-13-7-14(2)9-17(8-13)26-19(27)11-29-22-20-18(10-28-21(20)24-12-25-22)15-3-5-16(23)6-4-15/h3-10,12H,11H2,1-2H3,(H,26,27). The molecule has 2 heterocycles. The minimum atomic E-state index is -0.0602. The Bertz CT molecular complexity index is 1170. The second kappa shape index (κ2) is 8.53. The topological polar surface area (TPSA) is 54.9 Å². The van der Waals surface area contributed by atoms with Gasteiger partial charge in [-0.15, -0.1) is 11.3 Å². The monoisotopic (exact) mass is 439 g/mol. The maximum atomic E-state index is 12.5. The molecule has 0 atom stereocenters. The summed E-state index contributed by atoms with van der Waals surface area (Å²) in [5.74, 6) is 0.213. The third kappa shape index (κ3) is 4.61. The molecule has 0 aliphatic heterocycles. The quantitative estimate of drug-likeness (QED) is 0.290. The molecule has 0 aliphatic rings. The third-order valence-electron chi connectivity index (χ3n) is 4.34. The summed E-state index contributed by atoms with van der Waals surface area (Å²) in [7, 11) is 0. The van der Waals surface area contributed by atoms with E-state index < -0.39 is 0 Å². The van der Waals surface area contributed by atoms with Crippen molar-refractivity contribution in [1.29, 1.82) is 0 Å². The number of rotatable bonds is 5. The van der Waals surface area contributed by atoms with Gasteiger partial charge in [0.05, 0.1) is 11.1 Å². The predicted octanol–water partition coefficient (Wildman–Crippen LogP) is 6.36. The number of hydrogen-bond donors (Lipinski definition) is 1. The summed E-state index contributed by atoms with van der Waals surface area (Å²) in [6.07, 6.45) is 1.55. The highest BCUT2D eigenvalue weighted by Crippen LogP contribution is 2.38. The SMILES string of the molecule is Cc1cc(C)cc(NC(=O)CSc2ncnc3scc(-c4ccc(Cl)cc4)c23)c1. The molecule has 0 bridgehead atoms. The second-order valence-corrected chi connectivity index (χ2v) is 8.99. The Hall–Kier alpha value is -2.41. The molecule has 1 amide bonds. The van der Waals surface area contributed by atoms with Gasteiger partial charge in [-0.1, -0.05) is 41.6 Å². The summed E-state index contributed by atoms with van der Waals surface area (Å²) in [5.41, 5.74) is 5.17. The average Bonchev–Trinajstić information content (AvgIpc) is 3.11. The van der Waals surface area contributed by atoms with Crippen LogP contribution in [0.25, 0.3) is 21.3 Å². The van der Waals surface area contributed by atoms with Crippen molar-refractivity contribution in [2.75, 3.05) is 11.1 Å². The van der Waals surface area contributed by atoms with Crippen molar-refractivity contribution in [3.05, 3.63) is 70.3 Å². The van der Waals surface area contributed by atoms with Crippen LogP contribution in [0, 0.1) is 13.8 Å². The molecule has 0 unspecified atom stereocenters. The number of nitrogens with zero attached hydrogens (tertiary/aromatic N) is 2. The molecular weight excluding hydrogens is 422 g/mol. The molecule has 29 heavy (non-hydrogen) atoms. The van der Waals surface area contributed by atoms with Gasteiger partial charge in [-0.05, 0) is 54.8 Å². The van der Waals surface area contributed by atoms with Gasteiger partial charge in [0.15, 0.2) is 0 Å². The fourth-order valence-corrected chi connectivity index (χ4v) is 5.10. The van der Waals surface area contributed by atoms with Gasteiger partial charge in [0.2, 0.25) is 5.91 Å². The Morgan fingerprint density at radius 1 is 1.10 bits per heavy atom. The lowest BCUT2D eigenvalue weighted by Gasteiger charge is -2.08. The maximum absolute atomic E-state index is 12.5. The van der Waals surface area contributed by atoms with Crippen LogP contribution in [0.4, 0.5) is 5.69 Å². The summed E-state index contributed by atoms with van der Waals surface area (Å²) in [5, 5.41) is 7.52. The highest BCUT2D eigenvalue weighted by Gasteiger charge is 2.15. The molecule has 0 saturated heterocycles. The Kier molecular flexibility index (Phi) is 5.85. The number of aryl methyl sites for hydroxylation is 2. The van der Waals surface area contributed by atoms with Crippen LogP contribution in [0.15, 0.2) is 59.2 Å². The average molecular weight is 440 g/mol. The normalized spacial score (nSPS) is 11.0. The van der Waals surface area contributed by atoms with Crippen LogP contribution in [-0.4, -0.2) is 21.6 Å². The molecule has 2 aromatic carbocycles. The molecule has 1 N–H and O–H groups in total. The van der Waals surface area contributed by atoms with Gasteiger partial charge in [-0.25, -0.2) is 9.97 Å². The van der Waals surface area contributed by atoms with Crippen molar-refractivity contribution in [3.63, 3.8) is 0 Å². The van der Waals surface area contributed by atoms with Gasteiger partial charge in [0, 0.05) is 21.7 Å². The number of thiophene rings is 1. The molecule has 7 heteroatoms. The molecule has 0 radical (unpaired) electrons. The van der Waals surface area contributed by atoms with Crippen molar-refractivity contribution in [2.24, 2.45) is 0 Å². The van der Waals surface area contributed by atoms with Crippen molar-refractivity contribution in [1.82, 2.24) is 9.97 Å². The number of aromatic nitrogens is 2. The van der Waals surface area contributed by atoms with E-state index in [1.807, 2.05) is 50.2 Å². The summed E-state index contributed by atoms with van der Waals surface area (Å²) in [4.78, 5) is 22.2. The van der Waals surface area contributed by atoms with E-state index in [0.717, 1.165) is 43.2 Å². The van der Waals surface area contributed by atoms with E-state index in [-0.39, 0.29) is 11.7 Å². The Balaban J connectivity index is 1.55. The molecule has 0 saturated carbocycles. The van der Waals surface area contributed by atoms with Crippen LogP contribution < -0.4 is 5.32 Å². The van der Waals surface area contributed by atoms with Gasteiger partial charge in [0.25, 0.3) is 0 Å². The zero-order chi connectivity index (χ0) is 20.4. The van der Waals surface area contributed by atoms with E-state index in [1.165, 1.54) is 11.8 Å². The van der Waals surface area contributed by atoms with Gasteiger partial charge in [-0.3, -0.25) is 4.79 Å². The van der Waals surface area contributed by atoms with E-state index >= 15 is 0 Å². The first-order valence-electron chi connectivity index (χ1n) is 8.98. The summed E-state index contributed by atoms with van der Waals surface area (Å²) in [6.45, 7) is 4.04. The number of benzene rings is 2. The number of nitrogens with one attached hydrogen (secondary N) is 1. The van der Waals surface area contributed by atoms with Crippen LogP contribution in [0.5, 0.6) is 0 Å². The smallest absolute Gasteiger partial charge is 0.234 e. The number of thioether (sulfide) groups is 1. The van der Waals surface area contributed by atoms with Crippen LogP contribution in [0.2, 0.25) is 5.02 Å². The van der Waals surface area contributed by atoms with E-state index in [1.54, 1.807) is 17.7 Å². The van der Waals surface area contributed by atoms with Gasteiger partial charge >= 0.3 is 0 Å². The van der Waals surface area contributed by atoms with E-state index in [0.29, 0.717) is 5.02 Å². The number of carbonyl (C=O) groups is 1. The predicted molar refractivity (Wildman–Crippen MR) is 123 cm³/mol. The Labute approximate surface area is 182 Å². The Morgan fingerprint density at radius 3 is 2.55 bits per heavy atom. The number of anilines is 1. The number of hydrogen-bond acceptors (Lipinski definition) is 5. The lowest BCUT2D eigenvalue weighted by Crippen LogP contribution is -2.14. The first-order chi connectivity index (χ1) is 14.0. The summed E-state index contributed by atoms with van der Waals surface area (Å²) < 4.78 is 0. The van der Waals surface area contributed by atoms with Crippen LogP contribution in [0.3, 0.4) is 0 Å². The number of amides is 1. The van der Waals surface area contributed by atoms with Crippen molar-refractivity contribution < 1.29 is 4.79 Å². The number of fused-ring (bicyclic) bond motifs is 1. The van der Waals surface area contributed by atoms with Gasteiger partial charge < -0.3 is 5.32 Å². The van der Waals surface area contributed by atoms with Crippen molar-refractivity contribution >= 4 is 56.5 Å². The number of carbonyl (C=O) groups excluding carboxylic acids is 1. The lowest BCUT2D eigenvalue weighted by molar-refractivity contribution is -0.113. The lowest BCUT2D eigenvalue weighted by atomic mass is 10.1. The van der Waals surface area contributed by atoms with Crippen LogP contribution in [0.1, 0.15) is 11.1 Å². The first-order valence-corrected chi connectivity index (χ1v) is 11.2. The summed E-state index contributed by atoms with van der Waals surface area (Å²) in [6, 6.07) is 13.7. The van der Waals surface area contributed by atoms with Crippen molar-refractivity contribution in [3.8, 4) is 11.1 Å². The fourth-order valence-electron chi connectivity index (χ4n) is 3.18. The van der Waals surface area contributed by atoms with E-state index in [2.05, 4.69) is 26.7 Å². The molecule has 4 rings (SSSR count). The van der Waals surface area contributed by atoms with E-state index in [9.17, 15) is 4.79 Å². The molecular formula is C22H18ClN3OS2. The van der Waals surface area contributed by atoms with Gasteiger partial charge in [-0.2, -0.15) is 0 Å². The highest BCUT2D eigenvalue weighted by molar-refractivity contribution is 8.00.